The molecular weight excluding hydrogens is 376 g/mol. The van der Waals surface area contributed by atoms with E-state index in [2.05, 4.69) is 17.1 Å². The molecule has 1 heterocycles. The maximum absolute atomic E-state index is 12.1. The number of ether oxygens (including phenoxy) is 2. The highest BCUT2D eigenvalue weighted by atomic mass is 35.5. The summed E-state index contributed by atoms with van der Waals surface area (Å²) in [5.74, 6) is 0.707. The monoisotopic (exact) mass is 412 g/mol. The minimum atomic E-state index is -0.410. The highest BCUT2D eigenvalue weighted by Crippen LogP contribution is 2.24. The number of rotatable bonds is 12. The number of amides is 1. The van der Waals surface area contributed by atoms with Crippen LogP contribution in [0.4, 0.5) is 10.5 Å². The van der Waals surface area contributed by atoms with Gasteiger partial charge in [-0.3, -0.25) is 5.32 Å². The second-order valence-corrected chi connectivity index (χ2v) is 7.28. The molecule has 1 saturated heterocycles. The maximum atomic E-state index is 12.1. The minimum Gasteiger partial charge on any atom is -0.491 e. The first-order chi connectivity index (χ1) is 13.3. The van der Waals surface area contributed by atoms with Gasteiger partial charge in [0.25, 0.3) is 0 Å². The average Bonchev–Trinajstić information content (AvgIpc) is 2.70. The van der Waals surface area contributed by atoms with Crippen LogP contribution in [0.1, 0.15) is 64.7 Å². The van der Waals surface area contributed by atoms with Gasteiger partial charge in [-0.05, 0) is 50.9 Å². The minimum absolute atomic E-state index is 0. The predicted molar refractivity (Wildman–Crippen MR) is 118 cm³/mol. The zero-order valence-corrected chi connectivity index (χ0v) is 18.1. The summed E-state index contributed by atoms with van der Waals surface area (Å²) in [7, 11) is 0. The summed E-state index contributed by atoms with van der Waals surface area (Å²) in [5.41, 5.74) is 0.673. The van der Waals surface area contributed by atoms with Gasteiger partial charge in [-0.1, -0.05) is 51.2 Å². The summed E-state index contributed by atoms with van der Waals surface area (Å²) >= 11 is 0. The highest BCUT2D eigenvalue weighted by Gasteiger charge is 2.11. The molecule has 0 bridgehead atoms. The van der Waals surface area contributed by atoms with E-state index in [-0.39, 0.29) is 12.4 Å². The van der Waals surface area contributed by atoms with Crippen molar-refractivity contribution in [3.63, 3.8) is 0 Å². The molecule has 1 N–H and O–H groups in total. The Hall–Kier alpha value is -1.46. The van der Waals surface area contributed by atoms with Gasteiger partial charge in [0.05, 0.1) is 18.9 Å². The van der Waals surface area contributed by atoms with Crippen molar-refractivity contribution in [3.8, 4) is 5.75 Å². The third-order valence-corrected chi connectivity index (χ3v) is 4.93. The van der Waals surface area contributed by atoms with E-state index in [1.54, 1.807) is 0 Å². The number of nitrogens with zero attached hydrogens (tertiary/aromatic N) is 1. The largest absolute Gasteiger partial charge is 0.491 e. The second kappa shape index (κ2) is 15.5. The van der Waals surface area contributed by atoms with E-state index < -0.39 is 6.09 Å². The molecule has 1 aromatic carbocycles. The Kier molecular flexibility index (Phi) is 13.6. The fourth-order valence-electron chi connectivity index (χ4n) is 3.37. The van der Waals surface area contributed by atoms with E-state index in [4.69, 9.17) is 9.47 Å². The van der Waals surface area contributed by atoms with Crippen molar-refractivity contribution in [2.45, 2.75) is 64.7 Å². The second-order valence-electron chi connectivity index (χ2n) is 7.28. The number of anilines is 1. The van der Waals surface area contributed by atoms with E-state index in [9.17, 15) is 4.79 Å². The van der Waals surface area contributed by atoms with Gasteiger partial charge < -0.3 is 14.4 Å². The number of para-hydroxylation sites is 2. The molecule has 1 aliphatic rings. The van der Waals surface area contributed by atoms with E-state index in [0.29, 0.717) is 24.7 Å². The van der Waals surface area contributed by atoms with Crippen LogP contribution in [0.3, 0.4) is 0 Å². The number of hydrogen-bond acceptors (Lipinski definition) is 4. The number of nitrogens with one attached hydrogen (secondary N) is 1. The summed E-state index contributed by atoms with van der Waals surface area (Å²) in [6, 6.07) is 7.54. The number of hydrogen-bond donors (Lipinski definition) is 1. The maximum Gasteiger partial charge on any atom is 0.411 e. The molecule has 0 spiro atoms. The van der Waals surface area contributed by atoms with Crippen molar-refractivity contribution in [2.75, 3.05) is 38.2 Å². The molecular formula is C22H37ClN2O3. The lowest BCUT2D eigenvalue weighted by Gasteiger charge is -2.26. The smallest absolute Gasteiger partial charge is 0.411 e. The number of carbonyl (C=O) groups is 1. The number of benzene rings is 1. The van der Waals surface area contributed by atoms with Crippen LogP contribution < -0.4 is 10.1 Å². The van der Waals surface area contributed by atoms with E-state index in [1.807, 2.05) is 24.3 Å². The first-order valence-electron chi connectivity index (χ1n) is 10.7. The van der Waals surface area contributed by atoms with Gasteiger partial charge in [0.15, 0.2) is 0 Å². The number of carbonyl (C=O) groups excluding carboxylic acids is 1. The van der Waals surface area contributed by atoms with Crippen LogP contribution in [0.15, 0.2) is 24.3 Å². The number of halogens is 1. The summed E-state index contributed by atoms with van der Waals surface area (Å²) in [4.78, 5) is 14.5. The summed E-state index contributed by atoms with van der Waals surface area (Å²) in [6.45, 7) is 6.69. The Bertz CT molecular complexity index is 536. The van der Waals surface area contributed by atoms with Gasteiger partial charge in [0, 0.05) is 6.54 Å². The predicted octanol–water partition coefficient (Wildman–Crippen LogP) is 5.88. The molecule has 0 aromatic heterocycles. The molecule has 2 rings (SSSR count). The van der Waals surface area contributed by atoms with Crippen molar-refractivity contribution < 1.29 is 14.3 Å². The van der Waals surface area contributed by atoms with Crippen molar-refractivity contribution in [2.24, 2.45) is 0 Å². The molecule has 1 fully saturated rings. The third-order valence-electron chi connectivity index (χ3n) is 4.93. The first kappa shape index (κ1) is 24.6. The van der Waals surface area contributed by atoms with Crippen LogP contribution >= 0.6 is 12.4 Å². The molecule has 5 nitrogen and oxygen atoms in total. The molecule has 1 aliphatic heterocycles. The van der Waals surface area contributed by atoms with Crippen LogP contribution in [0.2, 0.25) is 0 Å². The molecule has 1 amide bonds. The molecule has 0 unspecified atom stereocenters. The zero-order chi connectivity index (χ0) is 19.2. The summed E-state index contributed by atoms with van der Waals surface area (Å²) < 4.78 is 11.2. The number of piperidine rings is 1. The SMILES string of the molecule is CCCCCCCOc1ccccc1NC(=O)OCCCN1CCCCC1.Cl. The van der Waals surface area contributed by atoms with Crippen molar-refractivity contribution >= 4 is 24.2 Å². The van der Waals surface area contributed by atoms with Crippen LogP contribution in [0.5, 0.6) is 5.75 Å². The van der Waals surface area contributed by atoms with Crippen molar-refractivity contribution in [1.29, 1.82) is 0 Å². The Morgan fingerprint density at radius 3 is 2.54 bits per heavy atom. The molecule has 0 aliphatic carbocycles. The van der Waals surface area contributed by atoms with Gasteiger partial charge in [0.2, 0.25) is 0 Å². The van der Waals surface area contributed by atoms with Gasteiger partial charge in [-0.15, -0.1) is 12.4 Å². The normalized spacial score (nSPS) is 14.2. The number of likely N-dealkylation sites (tertiary alicyclic amines) is 1. The fraction of sp³-hybridized carbons (Fsp3) is 0.682. The standard InChI is InChI=1S/C22H36N2O3.ClH/c1-2-3-4-5-11-18-26-21-14-8-7-13-20(21)23-22(25)27-19-12-17-24-15-9-6-10-16-24;/h7-8,13-14H,2-6,9-12,15-19H2,1H3,(H,23,25);1H. The van der Waals surface area contributed by atoms with Crippen LogP contribution in [-0.2, 0) is 4.74 Å². The lowest BCUT2D eigenvalue weighted by atomic mass is 10.1. The zero-order valence-electron chi connectivity index (χ0n) is 17.3. The van der Waals surface area contributed by atoms with E-state index in [1.165, 1.54) is 58.0 Å². The fourth-order valence-corrected chi connectivity index (χ4v) is 3.37. The van der Waals surface area contributed by atoms with Crippen LogP contribution in [-0.4, -0.2) is 43.8 Å². The average molecular weight is 413 g/mol. The van der Waals surface area contributed by atoms with Gasteiger partial charge in [0.1, 0.15) is 5.75 Å². The Morgan fingerprint density at radius 2 is 1.75 bits per heavy atom. The molecule has 0 radical (unpaired) electrons. The lowest BCUT2D eigenvalue weighted by molar-refractivity contribution is 0.148. The molecule has 1 aromatic rings. The van der Waals surface area contributed by atoms with E-state index >= 15 is 0 Å². The third kappa shape index (κ3) is 10.2. The van der Waals surface area contributed by atoms with Crippen LogP contribution in [0, 0.1) is 0 Å². The molecule has 0 atom stereocenters. The van der Waals surface area contributed by atoms with E-state index in [0.717, 1.165) is 19.4 Å². The Morgan fingerprint density at radius 1 is 1.00 bits per heavy atom. The number of unbranched alkanes of at least 4 members (excludes halogenated alkanes) is 4. The quantitative estimate of drug-likeness (QED) is 0.435. The van der Waals surface area contributed by atoms with Gasteiger partial charge in [-0.25, -0.2) is 4.79 Å². The van der Waals surface area contributed by atoms with Crippen molar-refractivity contribution in [3.05, 3.63) is 24.3 Å². The molecule has 160 valence electrons. The molecule has 28 heavy (non-hydrogen) atoms. The highest BCUT2D eigenvalue weighted by molar-refractivity contribution is 5.86. The van der Waals surface area contributed by atoms with Crippen molar-refractivity contribution in [1.82, 2.24) is 4.90 Å². The molecule has 6 heteroatoms. The topological polar surface area (TPSA) is 50.8 Å². The van der Waals surface area contributed by atoms with Gasteiger partial charge in [-0.2, -0.15) is 0 Å². The lowest BCUT2D eigenvalue weighted by Crippen LogP contribution is -2.31. The van der Waals surface area contributed by atoms with Gasteiger partial charge >= 0.3 is 6.09 Å². The first-order valence-corrected chi connectivity index (χ1v) is 10.7. The summed E-state index contributed by atoms with van der Waals surface area (Å²) in [5, 5.41) is 2.81. The molecule has 0 saturated carbocycles. The Balaban J connectivity index is 0.00000392. The summed E-state index contributed by atoms with van der Waals surface area (Å²) in [6.07, 6.45) is 10.4. The van der Waals surface area contributed by atoms with Crippen LogP contribution in [0.25, 0.3) is 0 Å². The Labute approximate surface area is 176 Å².